The molecule has 0 aliphatic carbocycles. The van der Waals surface area contributed by atoms with E-state index >= 15 is 0 Å². The number of fused-ring (bicyclic) bond motifs is 1. The normalized spacial score (nSPS) is 11.0. The van der Waals surface area contributed by atoms with E-state index in [4.69, 9.17) is 9.47 Å². The zero-order valence-electron chi connectivity index (χ0n) is 18.3. The number of H-pyrrole nitrogens is 1. The van der Waals surface area contributed by atoms with Gasteiger partial charge in [0.15, 0.2) is 11.2 Å². The van der Waals surface area contributed by atoms with Gasteiger partial charge in [-0.05, 0) is 30.7 Å². The number of para-hydroxylation sites is 1. The van der Waals surface area contributed by atoms with Crippen LogP contribution in [0.25, 0.3) is 11.2 Å². The quantitative estimate of drug-likeness (QED) is 0.411. The topological polar surface area (TPSA) is 121 Å². The standard InChI is InChI=1S/C23H23N5O5/c1-3-4-13-28-19-18(20(29)26-23(28)31)27(2)17(25-19)14-32-22(30)16-11-8-12-24-21(16)33-15-9-6-5-7-10-15/h5-12H,3-4,13-14H2,1-2H3,(H,26,29,31). The average molecular weight is 449 g/mol. The van der Waals surface area contributed by atoms with Crippen molar-refractivity contribution >= 4 is 17.1 Å². The maximum absolute atomic E-state index is 12.8. The van der Waals surface area contributed by atoms with Crippen molar-refractivity contribution in [1.29, 1.82) is 0 Å². The second-order valence-corrected chi connectivity index (χ2v) is 7.37. The summed E-state index contributed by atoms with van der Waals surface area (Å²) in [6.45, 7) is 2.23. The number of aromatic nitrogens is 5. The summed E-state index contributed by atoms with van der Waals surface area (Å²) < 4.78 is 14.1. The van der Waals surface area contributed by atoms with Crippen LogP contribution in [-0.2, 0) is 24.9 Å². The Balaban J connectivity index is 1.59. The van der Waals surface area contributed by atoms with Gasteiger partial charge in [0.2, 0.25) is 5.88 Å². The molecule has 0 aliphatic rings. The molecule has 0 unspecified atom stereocenters. The second-order valence-electron chi connectivity index (χ2n) is 7.37. The Kier molecular flexibility index (Phi) is 6.34. The first-order chi connectivity index (χ1) is 16.0. The van der Waals surface area contributed by atoms with E-state index in [9.17, 15) is 14.4 Å². The van der Waals surface area contributed by atoms with Crippen molar-refractivity contribution in [1.82, 2.24) is 24.1 Å². The fraction of sp³-hybridized carbons (Fsp3) is 0.261. The molecule has 4 aromatic rings. The lowest BCUT2D eigenvalue weighted by atomic mass is 10.2. The number of carbonyl (C=O) groups excluding carboxylic acids is 1. The molecular weight excluding hydrogens is 426 g/mol. The molecule has 1 N–H and O–H groups in total. The molecule has 4 rings (SSSR count). The molecule has 3 heterocycles. The summed E-state index contributed by atoms with van der Waals surface area (Å²) >= 11 is 0. The number of carbonyl (C=O) groups is 1. The van der Waals surface area contributed by atoms with Gasteiger partial charge in [0.05, 0.1) is 0 Å². The number of aryl methyl sites for hydroxylation is 2. The summed E-state index contributed by atoms with van der Waals surface area (Å²) in [4.78, 5) is 48.3. The van der Waals surface area contributed by atoms with Crippen molar-refractivity contribution in [3.63, 3.8) is 0 Å². The molecule has 1 aromatic carbocycles. The third kappa shape index (κ3) is 4.54. The van der Waals surface area contributed by atoms with Crippen molar-refractivity contribution in [2.24, 2.45) is 7.05 Å². The first kappa shape index (κ1) is 22.0. The van der Waals surface area contributed by atoms with E-state index in [1.54, 1.807) is 31.3 Å². The monoisotopic (exact) mass is 449 g/mol. The lowest BCUT2D eigenvalue weighted by Crippen LogP contribution is -2.31. The summed E-state index contributed by atoms with van der Waals surface area (Å²) in [7, 11) is 1.64. The maximum atomic E-state index is 12.8. The van der Waals surface area contributed by atoms with Crippen LogP contribution in [0.5, 0.6) is 11.6 Å². The Hall–Kier alpha value is -4.21. The van der Waals surface area contributed by atoms with Gasteiger partial charge >= 0.3 is 11.7 Å². The van der Waals surface area contributed by atoms with E-state index in [-0.39, 0.29) is 29.2 Å². The SMILES string of the molecule is CCCCn1c(=O)[nH]c(=O)c2c1nc(COC(=O)c1cccnc1Oc1ccccc1)n2C. The maximum Gasteiger partial charge on any atom is 0.344 e. The third-order valence-electron chi connectivity index (χ3n) is 5.12. The number of unbranched alkanes of at least 4 members (excludes halogenated alkanes) is 1. The lowest BCUT2D eigenvalue weighted by Gasteiger charge is -2.09. The molecule has 0 aliphatic heterocycles. The minimum atomic E-state index is -0.654. The van der Waals surface area contributed by atoms with Gasteiger partial charge in [-0.3, -0.25) is 14.3 Å². The Morgan fingerprint density at radius 2 is 1.91 bits per heavy atom. The average Bonchev–Trinajstić information content (AvgIpc) is 3.15. The molecular formula is C23H23N5O5. The molecule has 0 atom stereocenters. The summed E-state index contributed by atoms with van der Waals surface area (Å²) in [6, 6.07) is 12.1. The lowest BCUT2D eigenvalue weighted by molar-refractivity contribution is 0.0456. The summed E-state index contributed by atoms with van der Waals surface area (Å²) in [6.07, 6.45) is 3.15. The van der Waals surface area contributed by atoms with Crippen molar-refractivity contribution in [2.75, 3.05) is 0 Å². The van der Waals surface area contributed by atoms with Gasteiger partial charge in [-0.25, -0.2) is 19.6 Å². The molecule has 170 valence electrons. The Labute approximate surface area is 188 Å². The molecule has 0 radical (unpaired) electrons. The van der Waals surface area contributed by atoms with Crippen molar-refractivity contribution in [3.05, 3.63) is 80.9 Å². The van der Waals surface area contributed by atoms with Gasteiger partial charge < -0.3 is 14.0 Å². The Morgan fingerprint density at radius 1 is 1.12 bits per heavy atom. The molecule has 0 fully saturated rings. The van der Waals surface area contributed by atoms with E-state index in [1.807, 2.05) is 25.1 Å². The zero-order chi connectivity index (χ0) is 23.4. The van der Waals surface area contributed by atoms with Crippen molar-refractivity contribution < 1.29 is 14.3 Å². The molecule has 0 saturated heterocycles. The molecule has 0 saturated carbocycles. The fourth-order valence-electron chi connectivity index (χ4n) is 3.38. The number of rotatable bonds is 8. The van der Waals surface area contributed by atoms with E-state index in [1.165, 1.54) is 15.3 Å². The zero-order valence-corrected chi connectivity index (χ0v) is 18.3. The fourth-order valence-corrected chi connectivity index (χ4v) is 3.38. The van der Waals surface area contributed by atoms with Gasteiger partial charge in [-0.15, -0.1) is 0 Å². The molecule has 10 nitrogen and oxygen atoms in total. The van der Waals surface area contributed by atoms with Gasteiger partial charge in [-0.1, -0.05) is 31.5 Å². The van der Waals surface area contributed by atoms with Gasteiger partial charge in [-0.2, -0.15) is 0 Å². The predicted octanol–water partition coefficient (Wildman–Crippen LogP) is 2.77. The summed E-state index contributed by atoms with van der Waals surface area (Å²) in [5.41, 5.74) is -0.397. The van der Waals surface area contributed by atoms with Crippen LogP contribution in [0, 0.1) is 0 Å². The Bertz CT molecular complexity index is 1400. The van der Waals surface area contributed by atoms with Crippen molar-refractivity contribution in [3.8, 4) is 11.6 Å². The van der Waals surface area contributed by atoms with Gasteiger partial charge in [0, 0.05) is 19.8 Å². The number of nitrogens with zero attached hydrogens (tertiary/aromatic N) is 4. The highest BCUT2D eigenvalue weighted by atomic mass is 16.5. The van der Waals surface area contributed by atoms with Gasteiger partial charge in [0.1, 0.15) is 23.7 Å². The Morgan fingerprint density at radius 3 is 2.67 bits per heavy atom. The number of imidazole rings is 1. The van der Waals surface area contributed by atoms with Gasteiger partial charge in [0.25, 0.3) is 5.56 Å². The number of ether oxygens (including phenoxy) is 2. The van der Waals surface area contributed by atoms with Crippen LogP contribution in [0.4, 0.5) is 0 Å². The van der Waals surface area contributed by atoms with Crippen LogP contribution in [0.1, 0.15) is 35.9 Å². The smallest absolute Gasteiger partial charge is 0.344 e. The minimum absolute atomic E-state index is 0.114. The van der Waals surface area contributed by atoms with Crippen LogP contribution in [0.3, 0.4) is 0 Å². The third-order valence-corrected chi connectivity index (χ3v) is 5.12. The summed E-state index contributed by atoms with van der Waals surface area (Å²) in [5.74, 6) is 0.320. The first-order valence-corrected chi connectivity index (χ1v) is 10.5. The van der Waals surface area contributed by atoms with Crippen LogP contribution < -0.4 is 16.0 Å². The number of hydrogen-bond acceptors (Lipinski definition) is 7. The van der Waals surface area contributed by atoms with E-state index in [0.717, 1.165) is 12.8 Å². The van der Waals surface area contributed by atoms with E-state index in [2.05, 4.69) is 15.0 Å². The highest BCUT2D eigenvalue weighted by molar-refractivity contribution is 5.91. The van der Waals surface area contributed by atoms with E-state index < -0.39 is 17.2 Å². The number of hydrogen-bond donors (Lipinski definition) is 1. The first-order valence-electron chi connectivity index (χ1n) is 10.5. The number of benzene rings is 1. The number of esters is 1. The van der Waals surface area contributed by atoms with Crippen LogP contribution in [0.2, 0.25) is 0 Å². The summed E-state index contributed by atoms with van der Waals surface area (Å²) in [5, 5.41) is 0. The van der Waals surface area contributed by atoms with E-state index in [0.29, 0.717) is 18.1 Å². The van der Waals surface area contributed by atoms with Crippen LogP contribution in [-0.4, -0.2) is 30.1 Å². The molecule has 0 bridgehead atoms. The number of nitrogens with one attached hydrogen (secondary N) is 1. The van der Waals surface area contributed by atoms with Crippen LogP contribution >= 0.6 is 0 Å². The molecule has 0 spiro atoms. The molecule has 10 heteroatoms. The molecule has 0 amide bonds. The van der Waals surface area contributed by atoms with Crippen LogP contribution in [0.15, 0.2) is 58.3 Å². The molecule has 33 heavy (non-hydrogen) atoms. The second kappa shape index (κ2) is 9.51. The number of aromatic amines is 1. The number of pyridine rings is 1. The predicted molar refractivity (Wildman–Crippen MR) is 120 cm³/mol. The largest absolute Gasteiger partial charge is 0.454 e. The van der Waals surface area contributed by atoms with Crippen molar-refractivity contribution in [2.45, 2.75) is 32.9 Å². The highest BCUT2D eigenvalue weighted by Gasteiger charge is 2.20. The minimum Gasteiger partial charge on any atom is -0.454 e. The molecule has 3 aromatic heterocycles. The highest BCUT2D eigenvalue weighted by Crippen LogP contribution is 2.23.